The van der Waals surface area contributed by atoms with Crippen LogP contribution in [0.4, 0.5) is 21.1 Å². The summed E-state index contributed by atoms with van der Waals surface area (Å²) in [4.78, 5) is 29.9. The second-order valence-corrected chi connectivity index (χ2v) is 11.9. The number of hydrogen-bond acceptors (Lipinski definition) is 6. The largest absolute Gasteiger partial charge is 0.492 e. The van der Waals surface area contributed by atoms with Gasteiger partial charge in [-0.3, -0.25) is 10.3 Å². The zero-order valence-corrected chi connectivity index (χ0v) is 25.3. The van der Waals surface area contributed by atoms with Gasteiger partial charge in [-0.05, 0) is 81.4 Å². The summed E-state index contributed by atoms with van der Waals surface area (Å²) in [6.45, 7) is 12.1. The topological polar surface area (TPSA) is 131 Å². The van der Waals surface area contributed by atoms with Crippen LogP contribution in [-0.2, 0) is 5.41 Å². The van der Waals surface area contributed by atoms with Crippen LogP contribution in [0.2, 0.25) is 0 Å². The number of rotatable bonds is 9. The Morgan fingerprint density at radius 3 is 2.05 bits per heavy atom. The van der Waals surface area contributed by atoms with Gasteiger partial charge in [0.25, 0.3) is 0 Å². The van der Waals surface area contributed by atoms with E-state index in [2.05, 4.69) is 15.6 Å². The monoisotopic (exact) mass is 586 g/mol. The molecule has 0 radical (unpaired) electrons. The van der Waals surface area contributed by atoms with Crippen LogP contribution in [0.5, 0.6) is 17.2 Å². The summed E-state index contributed by atoms with van der Waals surface area (Å²) in [6, 6.07) is 19.2. The summed E-state index contributed by atoms with van der Waals surface area (Å²) in [7, 11) is 0. The molecule has 2 aromatic heterocycles. The number of anilines is 2. The maximum atomic E-state index is 13.0. The highest BCUT2D eigenvalue weighted by molar-refractivity contribution is 5.99. The van der Waals surface area contributed by atoms with E-state index in [1.165, 1.54) is 4.90 Å². The third kappa shape index (κ3) is 8.48. The van der Waals surface area contributed by atoms with E-state index in [4.69, 9.17) is 14.6 Å². The lowest BCUT2D eigenvalue weighted by molar-refractivity contribution is 0.0892. The molecule has 0 saturated heterocycles. The van der Waals surface area contributed by atoms with E-state index < -0.39 is 17.7 Å². The number of hydrogen-bond donors (Lipinski definition) is 3. The molecule has 4 rings (SSSR count). The molecule has 0 bridgehead atoms. The third-order valence-corrected chi connectivity index (χ3v) is 6.42. The van der Waals surface area contributed by atoms with Crippen LogP contribution in [0.25, 0.3) is 5.69 Å². The predicted molar refractivity (Wildman–Crippen MR) is 166 cm³/mol. The van der Waals surface area contributed by atoms with E-state index in [0.29, 0.717) is 28.8 Å². The first-order valence-corrected chi connectivity index (χ1v) is 13.9. The summed E-state index contributed by atoms with van der Waals surface area (Å²) >= 11 is 0. The van der Waals surface area contributed by atoms with Crippen molar-refractivity contribution in [2.45, 2.75) is 52.5 Å². The van der Waals surface area contributed by atoms with Crippen molar-refractivity contribution in [3.8, 4) is 22.9 Å². The lowest BCUT2D eigenvalue weighted by Gasteiger charge is -2.32. The van der Waals surface area contributed by atoms with Gasteiger partial charge in [0.1, 0.15) is 29.7 Å². The van der Waals surface area contributed by atoms with Gasteiger partial charge in [0.15, 0.2) is 0 Å². The van der Waals surface area contributed by atoms with E-state index in [1.54, 1.807) is 65.6 Å². The highest BCUT2D eigenvalue weighted by Crippen LogP contribution is 2.28. The lowest BCUT2D eigenvalue weighted by Crippen LogP contribution is -2.46. The second kappa shape index (κ2) is 12.8. The van der Waals surface area contributed by atoms with Crippen molar-refractivity contribution >= 4 is 23.6 Å². The number of urea groups is 1. The standard InChI is InChI=1S/C32H38N6O5/c1-31(2,3)27-21-28(35-29(39)34-22-7-11-25(12-8-22)43-26-15-17-33-18-16-26)38(36-27)23-9-13-24(14-10-23)42-20-19-37(30(40)41)32(4,5)6/h7-18,21H,19-20H2,1-6H3,(H,40,41)(H2,34,35,39). The summed E-state index contributed by atoms with van der Waals surface area (Å²) in [5.74, 6) is 2.39. The van der Waals surface area contributed by atoms with Crippen LogP contribution in [0.3, 0.4) is 0 Å². The molecule has 0 unspecified atom stereocenters. The van der Waals surface area contributed by atoms with E-state index in [9.17, 15) is 14.7 Å². The Balaban J connectivity index is 1.43. The van der Waals surface area contributed by atoms with Crippen molar-refractivity contribution in [3.63, 3.8) is 0 Å². The van der Waals surface area contributed by atoms with Gasteiger partial charge >= 0.3 is 12.1 Å². The minimum absolute atomic E-state index is 0.211. The number of aromatic nitrogens is 3. The molecule has 11 heteroatoms. The van der Waals surface area contributed by atoms with Gasteiger partial charge in [-0.2, -0.15) is 5.10 Å². The van der Waals surface area contributed by atoms with Crippen LogP contribution < -0.4 is 20.1 Å². The Kier molecular flexibility index (Phi) is 9.23. The van der Waals surface area contributed by atoms with Gasteiger partial charge in [-0.1, -0.05) is 20.8 Å². The Morgan fingerprint density at radius 1 is 0.860 bits per heavy atom. The van der Waals surface area contributed by atoms with Crippen molar-refractivity contribution in [1.29, 1.82) is 0 Å². The quantitative estimate of drug-likeness (QED) is 0.190. The van der Waals surface area contributed by atoms with Crippen LogP contribution in [0.1, 0.15) is 47.2 Å². The minimum Gasteiger partial charge on any atom is -0.492 e. The molecular weight excluding hydrogens is 548 g/mol. The zero-order chi connectivity index (χ0) is 31.2. The number of carbonyl (C=O) groups is 2. The average molecular weight is 587 g/mol. The lowest BCUT2D eigenvalue weighted by atomic mass is 9.92. The van der Waals surface area contributed by atoms with Crippen molar-refractivity contribution < 1.29 is 24.2 Å². The molecular formula is C32H38N6O5. The Morgan fingerprint density at radius 2 is 1.47 bits per heavy atom. The summed E-state index contributed by atoms with van der Waals surface area (Å²) in [5, 5.41) is 20.0. The van der Waals surface area contributed by atoms with Crippen molar-refractivity contribution in [2.75, 3.05) is 23.8 Å². The maximum absolute atomic E-state index is 13.0. The number of carboxylic acid groups (broad SMARTS) is 1. The third-order valence-electron chi connectivity index (χ3n) is 6.42. The number of ether oxygens (including phenoxy) is 2. The van der Waals surface area contributed by atoms with Crippen LogP contribution in [-0.4, -0.2) is 55.6 Å². The molecule has 0 saturated carbocycles. The molecule has 43 heavy (non-hydrogen) atoms. The van der Waals surface area contributed by atoms with E-state index in [0.717, 1.165) is 11.4 Å². The molecule has 0 fully saturated rings. The van der Waals surface area contributed by atoms with Crippen LogP contribution in [0.15, 0.2) is 79.1 Å². The number of amides is 3. The fourth-order valence-electron chi connectivity index (χ4n) is 4.12. The summed E-state index contributed by atoms with van der Waals surface area (Å²) in [5.41, 5.74) is 1.33. The fourth-order valence-corrected chi connectivity index (χ4v) is 4.12. The molecule has 2 aromatic carbocycles. The number of nitrogens with one attached hydrogen (secondary N) is 2. The summed E-state index contributed by atoms with van der Waals surface area (Å²) in [6.07, 6.45) is 2.31. The SMILES string of the molecule is CC(C)(C)c1cc(NC(=O)Nc2ccc(Oc3ccncc3)cc2)n(-c2ccc(OCCN(C(=O)O)C(C)(C)C)cc2)n1. The van der Waals surface area contributed by atoms with Crippen LogP contribution in [0, 0.1) is 0 Å². The fraction of sp³-hybridized carbons (Fsp3) is 0.312. The Bertz CT molecular complexity index is 1520. The molecule has 11 nitrogen and oxygen atoms in total. The van der Waals surface area contributed by atoms with Crippen LogP contribution >= 0.6 is 0 Å². The van der Waals surface area contributed by atoms with Crippen molar-refractivity contribution in [2.24, 2.45) is 0 Å². The van der Waals surface area contributed by atoms with Crippen molar-refractivity contribution in [3.05, 3.63) is 84.8 Å². The number of carbonyl (C=O) groups excluding carboxylic acids is 1. The van der Waals surface area contributed by atoms with Gasteiger partial charge in [-0.15, -0.1) is 0 Å². The number of benzene rings is 2. The van der Waals surface area contributed by atoms with E-state index >= 15 is 0 Å². The van der Waals surface area contributed by atoms with E-state index in [1.807, 2.05) is 59.7 Å². The molecule has 2 heterocycles. The smallest absolute Gasteiger partial charge is 0.407 e. The second-order valence-electron chi connectivity index (χ2n) is 11.9. The average Bonchev–Trinajstić information content (AvgIpc) is 3.36. The summed E-state index contributed by atoms with van der Waals surface area (Å²) < 4.78 is 13.3. The van der Waals surface area contributed by atoms with Gasteiger partial charge in [-0.25, -0.2) is 14.3 Å². The van der Waals surface area contributed by atoms with E-state index in [-0.39, 0.29) is 18.6 Å². The van der Waals surface area contributed by atoms with Gasteiger partial charge in [0, 0.05) is 35.1 Å². The normalized spacial score (nSPS) is 11.5. The molecule has 3 amide bonds. The maximum Gasteiger partial charge on any atom is 0.407 e. The number of nitrogens with zero attached hydrogens (tertiary/aromatic N) is 4. The molecule has 226 valence electrons. The first-order chi connectivity index (χ1) is 20.3. The first kappa shape index (κ1) is 30.9. The molecule has 0 atom stereocenters. The molecule has 0 aliphatic carbocycles. The van der Waals surface area contributed by atoms with Crippen molar-refractivity contribution in [1.82, 2.24) is 19.7 Å². The molecule has 0 spiro atoms. The first-order valence-electron chi connectivity index (χ1n) is 13.9. The molecule has 0 aliphatic heterocycles. The minimum atomic E-state index is -0.990. The number of pyridine rings is 1. The molecule has 0 aliphatic rings. The highest BCUT2D eigenvalue weighted by atomic mass is 16.5. The van der Waals surface area contributed by atoms with Gasteiger partial charge in [0.05, 0.1) is 17.9 Å². The molecule has 4 aromatic rings. The predicted octanol–water partition coefficient (Wildman–Crippen LogP) is 7.16. The Hall–Kier alpha value is -5.06. The zero-order valence-electron chi connectivity index (χ0n) is 25.3. The van der Waals surface area contributed by atoms with Gasteiger partial charge < -0.3 is 24.8 Å². The Labute approximate surface area is 251 Å². The highest BCUT2D eigenvalue weighted by Gasteiger charge is 2.26. The molecule has 3 N–H and O–H groups in total. The van der Waals surface area contributed by atoms with Gasteiger partial charge in [0.2, 0.25) is 0 Å².